The topological polar surface area (TPSA) is 117 Å². The SMILES string of the molecule is CN(Cc1ccccc1)C(=O)[C@H](CN)NC(=O)Cc1cncn1Cc1ccc(C#N)cc1. The highest BCUT2D eigenvalue weighted by molar-refractivity contribution is 5.88. The predicted octanol–water partition coefficient (Wildman–Crippen LogP) is 1.45. The largest absolute Gasteiger partial charge is 0.343 e. The van der Waals surface area contributed by atoms with Gasteiger partial charge < -0.3 is 20.5 Å². The highest BCUT2D eigenvalue weighted by Gasteiger charge is 2.23. The van der Waals surface area contributed by atoms with Gasteiger partial charge in [-0.05, 0) is 23.3 Å². The van der Waals surface area contributed by atoms with Crippen LogP contribution >= 0.6 is 0 Å². The maximum absolute atomic E-state index is 12.8. The fourth-order valence-electron chi connectivity index (χ4n) is 3.35. The molecular weight excluding hydrogens is 404 g/mol. The quantitative estimate of drug-likeness (QED) is 0.533. The first kappa shape index (κ1) is 22.7. The molecule has 8 nitrogen and oxygen atoms in total. The number of nitrogens with two attached hydrogens (primary N) is 1. The van der Waals surface area contributed by atoms with Crippen LogP contribution in [0.2, 0.25) is 0 Å². The predicted molar refractivity (Wildman–Crippen MR) is 120 cm³/mol. The molecule has 8 heteroatoms. The second-order valence-electron chi connectivity index (χ2n) is 7.53. The number of nitrogens with one attached hydrogen (secondary N) is 1. The van der Waals surface area contributed by atoms with Crippen LogP contribution in [-0.4, -0.2) is 45.9 Å². The normalized spacial score (nSPS) is 11.4. The molecule has 0 aliphatic carbocycles. The zero-order valence-electron chi connectivity index (χ0n) is 17.9. The maximum Gasteiger partial charge on any atom is 0.246 e. The Bertz CT molecular complexity index is 1090. The lowest BCUT2D eigenvalue weighted by Crippen LogP contribution is -2.51. The smallest absolute Gasteiger partial charge is 0.246 e. The lowest BCUT2D eigenvalue weighted by atomic mass is 10.1. The van der Waals surface area contributed by atoms with Gasteiger partial charge in [0.2, 0.25) is 11.8 Å². The van der Waals surface area contributed by atoms with Gasteiger partial charge in [0.25, 0.3) is 0 Å². The monoisotopic (exact) mass is 430 g/mol. The molecule has 0 spiro atoms. The first-order valence-electron chi connectivity index (χ1n) is 10.3. The Balaban J connectivity index is 1.58. The average Bonchev–Trinajstić information content (AvgIpc) is 3.24. The Morgan fingerprint density at radius 3 is 2.53 bits per heavy atom. The number of hydrogen-bond acceptors (Lipinski definition) is 5. The van der Waals surface area contributed by atoms with Crippen LogP contribution in [0.25, 0.3) is 0 Å². The Kier molecular flexibility index (Phi) is 7.73. The van der Waals surface area contributed by atoms with E-state index in [1.807, 2.05) is 47.0 Å². The van der Waals surface area contributed by atoms with E-state index in [1.165, 1.54) is 0 Å². The van der Waals surface area contributed by atoms with Crippen LogP contribution in [-0.2, 0) is 29.1 Å². The molecule has 0 aliphatic rings. The van der Waals surface area contributed by atoms with Crippen LogP contribution in [0, 0.1) is 11.3 Å². The van der Waals surface area contributed by atoms with E-state index < -0.39 is 6.04 Å². The number of imidazole rings is 1. The van der Waals surface area contributed by atoms with Crippen molar-refractivity contribution in [3.05, 3.63) is 89.5 Å². The van der Waals surface area contributed by atoms with E-state index in [0.717, 1.165) is 11.1 Å². The van der Waals surface area contributed by atoms with Crippen molar-refractivity contribution in [2.75, 3.05) is 13.6 Å². The third-order valence-corrected chi connectivity index (χ3v) is 5.08. The van der Waals surface area contributed by atoms with E-state index >= 15 is 0 Å². The van der Waals surface area contributed by atoms with Crippen LogP contribution in [0.4, 0.5) is 0 Å². The van der Waals surface area contributed by atoms with Gasteiger partial charge in [-0.25, -0.2) is 4.98 Å². The number of rotatable bonds is 9. The molecule has 1 aromatic heterocycles. The molecular formula is C24H26N6O2. The number of carbonyl (C=O) groups is 2. The summed E-state index contributed by atoms with van der Waals surface area (Å²) in [6.45, 7) is 0.963. The molecule has 0 aliphatic heterocycles. The molecule has 32 heavy (non-hydrogen) atoms. The lowest BCUT2D eigenvalue weighted by Gasteiger charge is -2.24. The maximum atomic E-state index is 12.8. The molecule has 3 N–H and O–H groups in total. The van der Waals surface area contributed by atoms with E-state index in [4.69, 9.17) is 11.0 Å². The van der Waals surface area contributed by atoms with E-state index in [1.54, 1.807) is 36.6 Å². The Morgan fingerprint density at radius 1 is 1.16 bits per heavy atom. The van der Waals surface area contributed by atoms with Crippen molar-refractivity contribution in [1.29, 1.82) is 5.26 Å². The minimum Gasteiger partial charge on any atom is -0.343 e. The minimum absolute atomic E-state index is 0.00814. The molecule has 164 valence electrons. The molecule has 0 bridgehead atoms. The van der Waals surface area contributed by atoms with Gasteiger partial charge in [0, 0.05) is 38.6 Å². The minimum atomic E-state index is -0.800. The highest BCUT2D eigenvalue weighted by atomic mass is 16.2. The van der Waals surface area contributed by atoms with E-state index in [-0.39, 0.29) is 24.8 Å². The molecule has 0 unspecified atom stereocenters. The average molecular weight is 431 g/mol. The van der Waals surface area contributed by atoms with Gasteiger partial charge in [0.1, 0.15) is 6.04 Å². The molecule has 1 atom stereocenters. The summed E-state index contributed by atoms with van der Waals surface area (Å²) in [4.78, 5) is 31.1. The summed E-state index contributed by atoms with van der Waals surface area (Å²) in [6.07, 6.45) is 3.35. The number of aromatic nitrogens is 2. The van der Waals surface area contributed by atoms with E-state index in [0.29, 0.717) is 24.3 Å². The summed E-state index contributed by atoms with van der Waals surface area (Å²) < 4.78 is 1.86. The number of benzene rings is 2. The fourth-order valence-corrected chi connectivity index (χ4v) is 3.35. The molecule has 3 rings (SSSR count). The van der Waals surface area contributed by atoms with Crippen LogP contribution in [0.1, 0.15) is 22.4 Å². The number of hydrogen-bond donors (Lipinski definition) is 2. The number of likely N-dealkylation sites (N-methyl/N-ethyl adjacent to an activating group) is 1. The van der Waals surface area contributed by atoms with Gasteiger partial charge in [-0.1, -0.05) is 42.5 Å². The highest BCUT2D eigenvalue weighted by Crippen LogP contribution is 2.09. The molecule has 0 fully saturated rings. The van der Waals surface area contributed by atoms with Gasteiger partial charge >= 0.3 is 0 Å². The summed E-state index contributed by atoms with van der Waals surface area (Å²) in [5.41, 5.74) is 9.07. The van der Waals surface area contributed by atoms with Crippen molar-refractivity contribution in [2.45, 2.75) is 25.6 Å². The lowest BCUT2D eigenvalue weighted by molar-refractivity contribution is -0.135. The van der Waals surface area contributed by atoms with Crippen molar-refractivity contribution in [2.24, 2.45) is 5.73 Å². The van der Waals surface area contributed by atoms with Crippen LogP contribution in [0.3, 0.4) is 0 Å². The molecule has 2 amide bonds. The number of carbonyl (C=O) groups excluding carboxylic acids is 2. The standard InChI is InChI=1S/C24H26N6O2/c1-29(15-19-5-3-2-4-6-19)24(32)22(13-26)28-23(31)11-21-14-27-17-30(21)16-20-9-7-18(12-25)8-10-20/h2-10,14,17,22H,11,13,15-16,26H2,1H3,(H,28,31)/t22-/m0/s1. The van der Waals surface area contributed by atoms with Gasteiger partial charge in [-0.15, -0.1) is 0 Å². The van der Waals surface area contributed by atoms with Crippen LogP contribution < -0.4 is 11.1 Å². The van der Waals surface area contributed by atoms with Crippen molar-refractivity contribution in [3.63, 3.8) is 0 Å². The van der Waals surface area contributed by atoms with Crippen molar-refractivity contribution in [1.82, 2.24) is 19.8 Å². The van der Waals surface area contributed by atoms with E-state index in [2.05, 4.69) is 16.4 Å². The van der Waals surface area contributed by atoms with Crippen molar-refractivity contribution in [3.8, 4) is 6.07 Å². The fraction of sp³-hybridized carbons (Fsp3) is 0.250. The zero-order chi connectivity index (χ0) is 22.9. The molecule has 1 heterocycles. The van der Waals surface area contributed by atoms with Crippen molar-refractivity contribution < 1.29 is 9.59 Å². The van der Waals surface area contributed by atoms with E-state index in [9.17, 15) is 9.59 Å². The third-order valence-electron chi connectivity index (χ3n) is 5.08. The van der Waals surface area contributed by atoms with Crippen LogP contribution in [0.15, 0.2) is 67.1 Å². The second-order valence-corrected chi connectivity index (χ2v) is 7.53. The zero-order valence-corrected chi connectivity index (χ0v) is 17.9. The summed E-state index contributed by atoms with van der Waals surface area (Å²) >= 11 is 0. The molecule has 0 radical (unpaired) electrons. The van der Waals surface area contributed by atoms with Gasteiger partial charge in [-0.3, -0.25) is 9.59 Å². The molecule has 0 saturated heterocycles. The van der Waals surface area contributed by atoms with Crippen molar-refractivity contribution >= 4 is 11.8 Å². The Labute approximate surface area is 187 Å². The molecule has 3 aromatic rings. The molecule has 2 aromatic carbocycles. The second kappa shape index (κ2) is 10.9. The number of amides is 2. The van der Waals surface area contributed by atoms with Crippen LogP contribution in [0.5, 0.6) is 0 Å². The molecule has 0 saturated carbocycles. The summed E-state index contributed by atoms with van der Waals surface area (Å²) in [5, 5.41) is 11.7. The van der Waals surface area contributed by atoms with Gasteiger partial charge in [0.05, 0.1) is 24.4 Å². The first-order valence-corrected chi connectivity index (χ1v) is 10.3. The Morgan fingerprint density at radius 2 is 1.88 bits per heavy atom. The summed E-state index contributed by atoms with van der Waals surface area (Å²) in [6, 6.07) is 18.2. The van der Waals surface area contributed by atoms with Gasteiger partial charge in [-0.2, -0.15) is 5.26 Å². The first-order chi connectivity index (χ1) is 15.5. The summed E-state index contributed by atoms with van der Waals surface area (Å²) in [7, 11) is 1.69. The summed E-state index contributed by atoms with van der Waals surface area (Å²) in [5.74, 6) is -0.542. The number of nitriles is 1. The Hall–Kier alpha value is -3.96. The van der Waals surface area contributed by atoms with Gasteiger partial charge in [0.15, 0.2) is 0 Å². The third kappa shape index (κ3) is 6.03. The number of nitrogens with zero attached hydrogens (tertiary/aromatic N) is 4.